The molecule has 2 fully saturated rings. The minimum Gasteiger partial charge on any atom is -0.494 e. The van der Waals surface area contributed by atoms with E-state index in [-0.39, 0.29) is 24.1 Å². The average molecular weight is 638 g/mol. The third-order valence-corrected chi connectivity index (χ3v) is 8.50. The fourth-order valence-corrected chi connectivity index (χ4v) is 6.04. The summed E-state index contributed by atoms with van der Waals surface area (Å²) in [6.45, 7) is 7.50. The molecule has 0 saturated carbocycles. The molecule has 1 N–H and O–H groups in total. The molecule has 0 spiro atoms. The molecule has 2 aliphatic rings. The number of hydrogen-bond acceptors (Lipinski definition) is 6. The van der Waals surface area contributed by atoms with Crippen LogP contribution in [-0.2, 0) is 9.59 Å². The Balaban J connectivity index is 1.20. The second-order valence-corrected chi connectivity index (χ2v) is 11.7. The quantitative estimate of drug-likeness (QED) is 0.251. The van der Waals surface area contributed by atoms with Gasteiger partial charge in [-0.05, 0) is 104 Å². The van der Waals surface area contributed by atoms with Gasteiger partial charge in [-0.25, -0.2) is 4.39 Å². The number of carbonyl (C=O) groups excluding carboxylic acids is 2. The van der Waals surface area contributed by atoms with Gasteiger partial charge in [-0.15, -0.1) is 0 Å². The van der Waals surface area contributed by atoms with Crippen molar-refractivity contribution >= 4 is 57.8 Å². The SMILES string of the molecule is CCCOc1ccc(NC(=O)CC2C(=O)N(c3ccc(Cl)cc3)C(=S)N2CCCN2CCN(c3ccc(F)cc3)CC2)cc1. The second-order valence-electron chi connectivity index (χ2n) is 10.9. The van der Waals surface area contributed by atoms with Gasteiger partial charge >= 0.3 is 0 Å². The smallest absolute Gasteiger partial charge is 0.256 e. The Bertz CT molecular complexity index is 1430. The molecule has 2 amide bonds. The van der Waals surface area contributed by atoms with Crippen molar-refractivity contribution in [1.82, 2.24) is 9.80 Å². The Morgan fingerprint density at radius 2 is 1.61 bits per heavy atom. The molecule has 0 aliphatic carbocycles. The highest BCUT2D eigenvalue weighted by Gasteiger charge is 2.44. The maximum absolute atomic E-state index is 13.7. The Morgan fingerprint density at radius 3 is 2.27 bits per heavy atom. The maximum Gasteiger partial charge on any atom is 0.256 e. The highest BCUT2D eigenvalue weighted by atomic mass is 35.5. The van der Waals surface area contributed by atoms with Gasteiger partial charge in [0.25, 0.3) is 5.91 Å². The molecule has 8 nitrogen and oxygen atoms in total. The number of benzene rings is 3. The van der Waals surface area contributed by atoms with Gasteiger partial charge in [0.05, 0.1) is 18.7 Å². The van der Waals surface area contributed by atoms with E-state index in [9.17, 15) is 14.0 Å². The molecule has 1 atom stereocenters. The van der Waals surface area contributed by atoms with Crippen LogP contribution >= 0.6 is 23.8 Å². The Kier molecular flexibility index (Phi) is 10.7. The first-order chi connectivity index (χ1) is 21.3. The fraction of sp³-hybridized carbons (Fsp3) is 0.364. The summed E-state index contributed by atoms with van der Waals surface area (Å²) in [7, 11) is 0. The lowest BCUT2D eigenvalue weighted by atomic mass is 10.1. The van der Waals surface area contributed by atoms with Gasteiger partial charge in [-0.3, -0.25) is 19.4 Å². The van der Waals surface area contributed by atoms with Gasteiger partial charge in [-0.2, -0.15) is 0 Å². The van der Waals surface area contributed by atoms with Crippen molar-refractivity contribution in [3.05, 3.63) is 83.6 Å². The first kappa shape index (κ1) is 31.7. The zero-order valence-corrected chi connectivity index (χ0v) is 26.3. The summed E-state index contributed by atoms with van der Waals surface area (Å²) in [5.74, 6) is 0.00226. The van der Waals surface area contributed by atoms with E-state index in [1.807, 2.05) is 36.1 Å². The lowest BCUT2D eigenvalue weighted by Crippen LogP contribution is -2.47. The number of nitrogens with zero attached hydrogens (tertiary/aromatic N) is 4. The lowest BCUT2D eigenvalue weighted by Gasteiger charge is -2.36. The van der Waals surface area contributed by atoms with Gasteiger partial charge in [0, 0.05) is 49.1 Å². The van der Waals surface area contributed by atoms with Crippen molar-refractivity contribution in [2.24, 2.45) is 0 Å². The Morgan fingerprint density at radius 1 is 0.955 bits per heavy atom. The standard InChI is InChI=1S/C33H37ClFN5O3S/c1-2-22-43-29-14-8-26(9-15-29)36-31(41)23-30-32(42)40(28-10-4-24(34)5-11-28)33(44)39(30)17-3-16-37-18-20-38(21-19-37)27-12-6-25(35)7-13-27/h4-15,30H,2-3,16-23H2,1H3,(H,36,41). The van der Waals surface area contributed by atoms with E-state index in [1.54, 1.807) is 36.4 Å². The lowest BCUT2D eigenvalue weighted by molar-refractivity contribution is -0.124. The Hall–Kier alpha value is -3.73. The van der Waals surface area contributed by atoms with E-state index in [1.165, 1.54) is 17.0 Å². The molecule has 0 aromatic heterocycles. The number of anilines is 3. The monoisotopic (exact) mass is 637 g/mol. The molecule has 3 aromatic rings. The van der Waals surface area contributed by atoms with E-state index < -0.39 is 6.04 Å². The molecule has 2 saturated heterocycles. The van der Waals surface area contributed by atoms with E-state index in [0.717, 1.165) is 57.0 Å². The molecule has 0 radical (unpaired) electrons. The van der Waals surface area contributed by atoms with Gasteiger partial charge in [0.1, 0.15) is 17.6 Å². The normalized spacial score (nSPS) is 17.3. The second kappa shape index (κ2) is 14.8. The van der Waals surface area contributed by atoms with Crippen LogP contribution in [0.3, 0.4) is 0 Å². The third kappa shape index (κ3) is 7.85. The third-order valence-electron chi connectivity index (χ3n) is 7.83. The Labute approximate surface area is 268 Å². The molecular formula is C33H37ClFN5O3S. The van der Waals surface area contributed by atoms with Crippen LogP contribution in [0.5, 0.6) is 5.75 Å². The van der Waals surface area contributed by atoms with Crippen molar-refractivity contribution in [2.45, 2.75) is 32.2 Å². The molecule has 3 aromatic carbocycles. The molecule has 232 valence electrons. The van der Waals surface area contributed by atoms with Crippen molar-refractivity contribution < 1.29 is 18.7 Å². The molecule has 44 heavy (non-hydrogen) atoms. The van der Waals surface area contributed by atoms with E-state index in [0.29, 0.717) is 34.7 Å². The zero-order chi connectivity index (χ0) is 31.1. The predicted octanol–water partition coefficient (Wildman–Crippen LogP) is 5.81. The van der Waals surface area contributed by atoms with E-state index in [4.69, 9.17) is 28.6 Å². The molecule has 5 rings (SSSR count). The minimum atomic E-state index is -0.722. The summed E-state index contributed by atoms with van der Waals surface area (Å²) in [6.07, 6.45) is 1.65. The number of amides is 2. The molecule has 0 bridgehead atoms. The summed E-state index contributed by atoms with van der Waals surface area (Å²) in [6, 6.07) is 20.1. The van der Waals surface area contributed by atoms with Crippen molar-refractivity contribution in [2.75, 3.05) is 61.0 Å². The van der Waals surface area contributed by atoms with Gasteiger partial charge < -0.3 is 19.9 Å². The van der Waals surface area contributed by atoms with Crippen LogP contribution in [0.2, 0.25) is 5.02 Å². The number of carbonyl (C=O) groups is 2. The minimum absolute atomic E-state index is 0.0342. The van der Waals surface area contributed by atoms with Crippen LogP contribution in [0, 0.1) is 5.82 Å². The number of ether oxygens (including phenoxy) is 1. The topological polar surface area (TPSA) is 68.4 Å². The molecule has 1 unspecified atom stereocenters. The number of thiocarbonyl (C=S) groups is 1. The van der Waals surface area contributed by atoms with Gasteiger partial charge in [-0.1, -0.05) is 18.5 Å². The fourth-order valence-electron chi connectivity index (χ4n) is 5.50. The predicted molar refractivity (Wildman–Crippen MR) is 177 cm³/mol. The van der Waals surface area contributed by atoms with Gasteiger partial charge in [0.15, 0.2) is 5.11 Å². The van der Waals surface area contributed by atoms with Crippen LogP contribution < -0.4 is 19.9 Å². The van der Waals surface area contributed by atoms with Crippen molar-refractivity contribution in [3.8, 4) is 5.75 Å². The van der Waals surface area contributed by atoms with Crippen LogP contribution in [0.4, 0.5) is 21.5 Å². The van der Waals surface area contributed by atoms with E-state index in [2.05, 4.69) is 15.1 Å². The average Bonchev–Trinajstić information content (AvgIpc) is 3.25. The zero-order valence-electron chi connectivity index (χ0n) is 24.8. The number of rotatable bonds is 12. The summed E-state index contributed by atoms with van der Waals surface area (Å²) < 4.78 is 18.9. The first-order valence-corrected chi connectivity index (χ1v) is 15.8. The number of hydrogen-bond donors (Lipinski definition) is 1. The largest absolute Gasteiger partial charge is 0.494 e. The maximum atomic E-state index is 13.7. The summed E-state index contributed by atoms with van der Waals surface area (Å²) in [5, 5.41) is 3.86. The highest BCUT2D eigenvalue weighted by molar-refractivity contribution is 7.80. The molecule has 2 heterocycles. The number of nitrogens with one attached hydrogen (secondary N) is 1. The summed E-state index contributed by atoms with van der Waals surface area (Å²) >= 11 is 11.9. The van der Waals surface area contributed by atoms with Crippen molar-refractivity contribution in [3.63, 3.8) is 0 Å². The van der Waals surface area contributed by atoms with Crippen molar-refractivity contribution in [1.29, 1.82) is 0 Å². The highest BCUT2D eigenvalue weighted by Crippen LogP contribution is 2.29. The summed E-state index contributed by atoms with van der Waals surface area (Å²) in [5.41, 5.74) is 2.28. The van der Waals surface area contributed by atoms with Crippen LogP contribution in [0.15, 0.2) is 72.8 Å². The van der Waals surface area contributed by atoms with Crippen LogP contribution in [0.1, 0.15) is 26.2 Å². The van der Waals surface area contributed by atoms with Gasteiger partial charge in [0.2, 0.25) is 5.91 Å². The number of piperazine rings is 1. The first-order valence-electron chi connectivity index (χ1n) is 15.0. The van der Waals surface area contributed by atoms with E-state index >= 15 is 0 Å². The molecular weight excluding hydrogens is 601 g/mol. The van der Waals surface area contributed by atoms with Crippen LogP contribution in [-0.4, -0.2) is 78.6 Å². The molecule has 2 aliphatic heterocycles. The number of halogens is 2. The summed E-state index contributed by atoms with van der Waals surface area (Å²) in [4.78, 5) is 34.9. The van der Waals surface area contributed by atoms with Crippen LogP contribution in [0.25, 0.3) is 0 Å². The molecule has 11 heteroatoms.